The normalized spacial score (nSPS) is 18.2. The van der Waals surface area contributed by atoms with E-state index in [0.717, 1.165) is 36.9 Å². The number of amides is 2. The molecule has 12 heteroatoms. The largest absolute Gasteiger partial charge is 0.487 e. The van der Waals surface area contributed by atoms with Gasteiger partial charge in [-0.05, 0) is 73.7 Å². The van der Waals surface area contributed by atoms with Crippen LogP contribution in [0.1, 0.15) is 79.9 Å². The first-order valence-corrected chi connectivity index (χ1v) is 15.7. The van der Waals surface area contributed by atoms with Crippen molar-refractivity contribution in [3.63, 3.8) is 0 Å². The molecular formula is C33H27FN6O4S. The van der Waals surface area contributed by atoms with Crippen LogP contribution in [-0.4, -0.2) is 43.4 Å². The topological polar surface area (TPSA) is 123 Å². The Morgan fingerprint density at radius 1 is 1.11 bits per heavy atom. The van der Waals surface area contributed by atoms with E-state index in [9.17, 15) is 14.0 Å². The second-order valence-electron chi connectivity index (χ2n) is 11.4. The van der Waals surface area contributed by atoms with E-state index in [4.69, 9.17) is 14.1 Å². The number of rotatable bonds is 7. The molecule has 2 aliphatic heterocycles. The van der Waals surface area contributed by atoms with Crippen LogP contribution in [0.5, 0.6) is 5.75 Å². The van der Waals surface area contributed by atoms with Crippen molar-refractivity contribution < 1.29 is 23.1 Å². The van der Waals surface area contributed by atoms with Crippen LogP contribution in [0.15, 0.2) is 59.1 Å². The number of carbonyl (C=O) groups is 2. The number of halogens is 1. The van der Waals surface area contributed by atoms with Crippen LogP contribution in [0.4, 0.5) is 4.39 Å². The Bertz CT molecular complexity index is 1970. The fraction of sp³-hybridized carbons (Fsp3) is 0.273. The molecule has 0 unspecified atom stereocenters. The zero-order valence-corrected chi connectivity index (χ0v) is 25.1. The van der Waals surface area contributed by atoms with Crippen molar-refractivity contribution in [3.05, 3.63) is 99.5 Å². The molecule has 1 fully saturated rings. The minimum Gasteiger partial charge on any atom is -0.487 e. The summed E-state index contributed by atoms with van der Waals surface area (Å²) in [6.45, 7) is 2.35. The van der Waals surface area contributed by atoms with Gasteiger partial charge in [-0.15, -0.1) is 21.5 Å². The van der Waals surface area contributed by atoms with Gasteiger partial charge in [0.2, 0.25) is 11.8 Å². The first kappa shape index (κ1) is 27.6. The van der Waals surface area contributed by atoms with E-state index in [0.29, 0.717) is 56.0 Å². The summed E-state index contributed by atoms with van der Waals surface area (Å²) in [5.74, 6) is 0.351. The number of carbonyl (C=O) groups excluding carboxylic acids is 2. The van der Waals surface area contributed by atoms with Crippen molar-refractivity contribution >= 4 is 23.2 Å². The molecule has 0 radical (unpaired) electrons. The average molecular weight is 623 g/mol. The van der Waals surface area contributed by atoms with Crippen LogP contribution in [0.25, 0.3) is 21.9 Å². The molecule has 0 spiro atoms. The lowest BCUT2D eigenvalue weighted by Crippen LogP contribution is -2.26. The van der Waals surface area contributed by atoms with Crippen LogP contribution < -0.4 is 10.1 Å². The molecule has 226 valence electrons. The Morgan fingerprint density at radius 2 is 1.98 bits per heavy atom. The summed E-state index contributed by atoms with van der Waals surface area (Å²) in [5, 5.41) is 11.5. The Balaban J connectivity index is 1.23. The van der Waals surface area contributed by atoms with E-state index in [1.165, 1.54) is 23.5 Å². The van der Waals surface area contributed by atoms with E-state index in [1.54, 1.807) is 31.3 Å². The number of aromatic nitrogens is 4. The molecule has 5 aromatic rings. The fourth-order valence-corrected chi connectivity index (χ4v) is 7.56. The SMILES string of the molecule is Cc1nnc(-c2c(COc3ccc(F)cc3)nc3c(c2-c2ccc(C(=O)N[C@@H]4CCc5ncccc54)s2)C(=O)N2CCC[C@@H]32)o1. The van der Waals surface area contributed by atoms with Crippen molar-refractivity contribution in [2.45, 2.75) is 51.3 Å². The Labute approximate surface area is 261 Å². The molecule has 1 N–H and O–H groups in total. The number of nitrogens with one attached hydrogen (secondary N) is 1. The molecule has 1 aromatic carbocycles. The van der Waals surface area contributed by atoms with Crippen LogP contribution in [0.3, 0.4) is 0 Å². The fourth-order valence-electron chi connectivity index (χ4n) is 6.60. The molecule has 1 saturated heterocycles. The van der Waals surface area contributed by atoms with E-state index < -0.39 is 0 Å². The molecule has 45 heavy (non-hydrogen) atoms. The average Bonchev–Trinajstić information content (AvgIpc) is 3.88. The third-order valence-corrected chi connectivity index (χ3v) is 9.73. The number of benzene rings is 1. The van der Waals surface area contributed by atoms with Crippen LogP contribution >= 0.6 is 11.3 Å². The quantitative estimate of drug-likeness (QED) is 0.235. The van der Waals surface area contributed by atoms with Gasteiger partial charge in [-0.3, -0.25) is 19.6 Å². The maximum absolute atomic E-state index is 13.9. The van der Waals surface area contributed by atoms with Crippen LogP contribution in [-0.2, 0) is 13.0 Å². The molecule has 0 saturated carbocycles. The molecular weight excluding hydrogens is 595 g/mol. The highest BCUT2D eigenvalue weighted by atomic mass is 32.1. The van der Waals surface area contributed by atoms with Gasteiger partial charge in [-0.25, -0.2) is 4.39 Å². The summed E-state index contributed by atoms with van der Waals surface area (Å²) in [6.07, 6.45) is 5.07. The number of hydrogen-bond acceptors (Lipinski definition) is 9. The summed E-state index contributed by atoms with van der Waals surface area (Å²) in [5.41, 5.74) is 4.81. The van der Waals surface area contributed by atoms with Gasteiger partial charge in [0.15, 0.2) is 0 Å². The smallest absolute Gasteiger partial charge is 0.261 e. The van der Waals surface area contributed by atoms with Gasteiger partial charge in [-0.2, -0.15) is 0 Å². The first-order valence-electron chi connectivity index (χ1n) is 14.9. The lowest BCUT2D eigenvalue weighted by molar-refractivity contribution is 0.0776. The van der Waals surface area contributed by atoms with E-state index in [2.05, 4.69) is 20.5 Å². The monoisotopic (exact) mass is 622 g/mol. The van der Waals surface area contributed by atoms with Gasteiger partial charge >= 0.3 is 0 Å². The van der Waals surface area contributed by atoms with Crippen molar-refractivity contribution in [1.82, 2.24) is 30.4 Å². The predicted octanol–water partition coefficient (Wildman–Crippen LogP) is 5.99. The highest BCUT2D eigenvalue weighted by Crippen LogP contribution is 2.49. The molecule has 2 atom stereocenters. The number of aryl methyl sites for hydroxylation is 2. The summed E-state index contributed by atoms with van der Waals surface area (Å²) >= 11 is 1.30. The van der Waals surface area contributed by atoms with Gasteiger partial charge in [0.05, 0.1) is 39.5 Å². The van der Waals surface area contributed by atoms with Gasteiger partial charge in [-0.1, -0.05) is 6.07 Å². The van der Waals surface area contributed by atoms with E-state index in [-0.39, 0.29) is 42.2 Å². The minimum atomic E-state index is -0.367. The lowest BCUT2D eigenvalue weighted by Gasteiger charge is -2.16. The molecule has 3 aliphatic rings. The number of nitrogens with zero attached hydrogens (tertiary/aromatic N) is 5. The zero-order valence-electron chi connectivity index (χ0n) is 24.2. The van der Waals surface area contributed by atoms with Crippen molar-refractivity contribution in [3.8, 4) is 27.6 Å². The van der Waals surface area contributed by atoms with E-state index in [1.807, 2.05) is 23.1 Å². The highest BCUT2D eigenvalue weighted by Gasteiger charge is 2.45. The Morgan fingerprint density at radius 3 is 2.80 bits per heavy atom. The second-order valence-corrected chi connectivity index (χ2v) is 12.4. The predicted molar refractivity (Wildman–Crippen MR) is 162 cm³/mol. The molecule has 1 aliphatic carbocycles. The van der Waals surface area contributed by atoms with Crippen molar-refractivity contribution in [2.75, 3.05) is 6.54 Å². The summed E-state index contributed by atoms with van der Waals surface area (Å²) in [6, 6.07) is 13.0. The molecule has 4 aromatic heterocycles. The van der Waals surface area contributed by atoms with Gasteiger partial charge in [0.25, 0.3) is 11.8 Å². The maximum Gasteiger partial charge on any atom is 0.261 e. The van der Waals surface area contributed by atoms with Crippen molar-refractivity contribution in [2.24, 2.45) is 0 Å². The van der Waals surface area contributed by atoms with Gasteiger partial charge < -0.3 is 19.4 Å². The van der Waals surface area contributed by atoms with Crippen LogP contribution in [0, 0.1) is 12.7 Å². The van der Waals surface area contributed by atoms with Gasteiger partial charge in [0, 0.05) is 35.8 Å². The summed E-state index contributed by atoms with van der Waals surface area (Å²) < 4.78 is 25.6. The third-order valence-electron chi connectivity index (χ3n) is 8.62. The Kier molecular flexibility index (Phi) is 6.67. The summed E-state index contributed by atoms with van der Waals surface area (Å²) in [4.78, 5) is 40.0. The number of hydrogen-bond donors (Lipinski definition) is 1. The standard InChI is InChI=1S/C33H27FN6O4S/c1-17-38-39-32(44-17)27-23(16-43-19-8-6-18(34)7-9-19)36-30-24-5-3-15-40(24)33(42)29(30)28(27)25-12-13-26(45-25)31(41)37-22-11-10-21-20(22)4-2-14-35-21/h2,4,6-9,12-14,22,24H,3,5,10-11,15-16H2,1H3,(H,37,41)/t22-,24+/m1/s1. The number of pyridine rings is 2. The molecule has 2 amide bonds. The number of thiophene rings is 1. The minimum absolute atomic E-state index is 0.0113. The maximum atomic E-state index is 13.9. The Hall–Kier alpha value is -4.97. The van der Waals surface area contributed by atoms with Gasteiger partial charge in [0.1, 0.15) is 18.2 Å². The highest BCUT2D eigenvalue weighted by molar-refractivity contribution is 7.17. The number of ether oxygens (including phenoxy) is 1. The molecule has 10 nitrogen and oxygen atoms in total. The van der Waals surface area contributed by atoms with Crippen LogP contribution in [0.2, 0.25) is 0 Å². The molecule has 8 rings (SSSR count). The van der Waals surface area contributed by atoms with Crippen molar-refractivity contribution in [1.29, 1.82) is 0 Å². The third kappa shape index (κ3) is 4.76. The summed E-state index contributed by atoms with van der Waals surface area (Å²) in [7, 11) is 0. The lowest BCUT2D eigenvalue weighted by atomic mass is 9.95. The second kappa shape index (κ2) is 10.9. The molecule has 0 bridgehead atoms. The number of fused-ring (bicyclic) bond motifs is 4. The molecule has 6 heterocycles. The zero-order chi connectivity index (χ0) is 30.7. The first-order chi connectivity index (χ1) is 21.9. The van der Waals surface area contributed by atoms with E-state index >= 15 is 0 Å².